The molecule has 4 nitrogen and oxygen atoms in total. The summed E-state index contributed by atoms with van der Waals surface area (Å²) in [5.41, 5.74) is 4.85. The minimum absolute atomic E-state index is 0.0767. The van der Waals surface area contributed by atoms with Gasteiger partial charge < -0.3 is 14.7 Å². The Morgan fingerprint density at radius 1 is 1.13 bits per heavy atom. The highest BCUT2D eigenvalue weighted by Crippen LogP contribution is 2.44. The molecule has 0 aromatic heterocycles. The molecule has 0 bridgehead atoms. The smallest absolute Gasteiger partial charge is 0.410 e. The number of hydrogen-bond donors (Lipinski definition) is 1. The van der Waals surface area contributed by atoms with Crippen molar-refractivity contribution in [2.24, 2.45) is 0 Å². The first-order valence-electron chi connectivity index (χ1n) is 7.96. The lowest BCUT2D eigenvalue weighted by molar-refractivity contribution is -0.0461. The standard InChI is InChI=1S/C19H19NO3/c1-12-18(21)10-20(12)19(22)23-11-17-15-8-4-2-6-13(15)14-7-3-5-9-16(14)17/h2-9,12,17-18,21H,10-11H2,1H3. The van der Waals surface area contributed by atoms with E-state index in [1.54, 1.807) is 4.90 Å². The van der Waals surface area contributed by atoms with Crippen LogP contribution in [0.15, 0.2) is 48.5 Å². The minimum atomic E-state index is -0.435. The van der Waals surface area contributed by atoms with E-state index in [4.69, 9.17) is 4.74 Å². The number of nitrogens with zero attached hydrogens (tertiary/aromatic N) is 1. The van der Waals surface area contributed by atoms with Crippen LogP contribution in [-0.2, 0) is 4.74 Å². The Hall–Kier alpha value is -2.33. The minimum Gasteiger partial charge on any atom is -0.448 e. The monoisotopic (exact) mass is 309 g/mol. The summed E-state index contributed by atoms with van der Waals surface area (Å²) in [5, 5.41) is 9.53. The van der Waals surface area contributed by atoms with E-state index in [1.807, 2.05) is 31.2 Å². The maximum atomic E-state index is 12.2. The van der Waals surface area contributed by atoms with Gasteiger partial charge in [0, 0.05) is 5.92 Å². The normalized spacial score (nSPS) is 22.3. The van der Waals surface area contributed by atoms with E-state index in [0.717, 1.165) is 0 Å². The van der Waals surface area contributed by atoms with Crippen molar-refractivity contribution in [3.8, 4) is 11.1 Å². The second-order valence-corrected chi connectivity index (χ2v) is 6.26. The van der Waals surface area contributed by atoms with Crippen molar-refractivity contribution in [2.45, 2.75) is 25.0 Å². The van der Waals surface area contributed by atoms with Crippen LogP contribution in [0.3, 0.4) is 0 Å². The first kappa shape index (κ1) is 14.3. The Kier molecular flexibility index (Phi) is 3.34. The molecule has 23 heavy (non-hydrogen) atoms. The van der Waals surface area contributed by atoms with Gasteiger partial charge in [0.2, 0.25) is 0 Å². The fourth-order valence-corrected chi connectivity index (χ4v) is 3.51. The van der Waals surface area contributed by atoms with Gasteiger partial charge in [0.15, 0.2) is 0 Å². The molecule has 1 amide bonds. The van der Waals surface area contributed by atoms with E-state index in [-0.39, 0.29) is 18.1 Å². The SMILES string of the molecule is CC1C(O)CN1C(=O)OCC1c2ccccc2-c2ccccc21. The predicted molar refractivity (Wildman–Crippen MR) is 87.2 cm³/mol. The third-order valence-electron chi connectivity index (χ3n) is 5.00. The Balaban J connectivity index is 1.54. The van der Waals surface area contributed by atoms with Crippen molar-refractivity contribution in [3.63, 3.8) is 0 Å². The van der Waals surface area contributed by atoms with E-state index in [0.29, 0.717) is 13.2 Å². The number of β-amino-alcohol motifs (C(OH)–C–C–N with tert-alkyl or cyclic N) is 1. The number of benzene rings is 2. The summed E-state index contributed by atoms with van der Waals surface area (Å²) in [4.78, 5) is 13.7. The number of ether oxygens (including phenoxy) is 1. The summed E-state index contributed by atoms with van der Waals surface area (Å²) >= 11 is 0. The average Bonchev–Trinajstić information content (AvgIpc) is 2.91. The highest BCUT2D eigenvalue weighted by molar-refractivity contribution is 5.79. The summed E-state index contributed by atoms with van der Waals surface area (Å²) < 4.78 is 5.54. The number of likely N-dealkylation sites (tertiary alicyclic amines) is 1. The Labute approximate surface area is 135 Å². The zero-order chi connectivity index (χ0) is 16.0. The molecule has 0 radical (unpaired) electrons. The molecule has 1 saturated heterocycles. The zero-order valence-corrected chi connectivity index (χ0v) is 13.0. The predicted octanol–water partition coefficient (Wildman–Crippen LogP) is 3.00. The molecule has 2 aliphatic rings. The van der Waals surface area contributed by atoms with Crippen LogP contribution < -0.4 is 0 Å². The first-order valence-corrected chi connectivity index (χ1v) is 7.96. The molecule has 2 aromatic carbocycles. The van der Waals surface area contributed by atoms with Gasteiger partial charge in [-0.15, -0.1) is 0 Å². The Morgan fingerprint density at radius 2 is 1.70 bits per heavy atom. The quantitative estimate of drug-likeness (QED) is 0.928. The van der Waals surface area contributed by atoms with Gasteiger partial charge in [0.25, 0.3) is 0 Å². The molecule has 1 heterocycles. The molecular formula is C19H19NO3. The third-order valence-corrected chi connectivity index (χ3v) is 5.00. The summed E-state index contributed by atoms with van der Waals surface area (Å²) in [6.45, 7) is 2.51. The molecule has 0 saturated carbocycles. The highest BCUT2D eigenvalue weighted by Gasteiger charge is 2.39. The first-order chi connectivity index (χ1) is 11.2. The van der Waals surface area contributed by atoms with E-state index < -0.39 is 6.10 Å². The average molecular weight is 309 g/mol. The molecule has 1 aliphatic carbocycles. The van der Waals surface area contributed by atoms with E-state index in [2.05, 4.69) is 24.3 Å². The fourth-order valence-electron chi connectivity index (χ4n) is 3.51. The van der Waals surface area contributed by atoms with Crippen LogP contribution in [0.2, 0.25) is 0 Å². The number of hydrogen-bond acceptors (Lipinski definition) is 3. The van der Waals surface area contributed by atoms with Crippen LogP contribution in [0.1, 0.15) is 24.0 Å². The molecule has 2 atom stereocenters. The molecule has 1 fully saturated rings. The number of rotatable bonds is 2. The highest BCUT2D eigenvalue weighted by atomic mass is 16.6. The molecule has 2 unspecified atom stereocenters. The van der Waals surface area contributed by atoms with Crippen LogP contribution in [0.5, 0.6) is 0 Å². The van der Waals surface area contributed by atoms with Crippen molar-refractivity contribution in [2.75, 3.05) is 13.2 Å². The largest absolute Gasteiger partial charge is 0.448 e. The van der Waals surface area contributed by atoms with E-state index in [9.17, 15) is 9.90 Å². The number of aliphatic hydroxyl groups is 1. The van der Waals surface area contributed by atoms with E-state index in [1.165, 1.54) is 22.3 Å². The molecule has 118 valence electrons. The third kappa shape index (κ3) is 2.21. The van der Waals surface area contributed by atoms with Gasteiger partial charge in [-0.05, 0) is 29.2 Å². The summed E-state index contributed by atoms with van der Waals surface area (Å²) in [7, 11) is 0. The number of aliphatic hydroxyl groups excluding tert-OH is 1. The number of amides is 1. The second-order valence-electron chi connectivity index (χ2n) is 6.26. The lowest BCUT2D eigenvalue weighted by atomic mass is 9.98. The molecular weight excluding hydrogens is 290 g/mol. The summed E-state index contributed by atoms with van der Waals surface area (Å²) in [5.74, 6) is 0.0767. The molecule has 4 heteroatoms. The van der Waals surface area contributed by atoms with Gasteiger partial charge in [-0.3, -0.25) is 0 Å². The molecule has 1 aliphatic heterocycles. The van der Waals surface area contributed by atoms with Crippen LogP contribution in [0.4, 0.5) is 4.79 Å². The van der Waals surface area contributed by atoms with Crippen molar-refractivity contribution in [3.05, 3.63) is 59.7 Å². The Morgan fingerprint density at radius 3 is 2.22 bits per heavy atom. The van der Waals surface area contributed by atoms with Crippen molar-refractivity contribution in [1.29, 1.82) is 0 Å². The summed E-state index contributed by atoms with van der Waals surface area (Å²) in [6, 6.07) is 16.4. The maximum Gasteiger partial charge on any atom is 0.410 e. The topological polar surface area (TPSA) is 49.8 Å². The van der Waals surface area contributed by atoms with Gasteiger partial charge in [-0.1, -0.05) is 48.5 Å². The van der Waals surface area contributed by atoms with Gasteiger partial charge in [0.05, 0.1) is 18.7 Å². The van der Waals surface area contributed by atoms with Crippen molar-refractivity contribution >= 4 is 6.09 Å². The Bertz CT molecular complexity index is 712. The van der Waals surface area contributed by atoms with Gasteiger partial charge >= 0.3 is 6.09 Å². The second kappa shape index (κ2) is 5.39. The van der Waals surface area contributed by atoms with Crippen molar-refractivity contribution in [1.82, 2.24) is 4.90 Å². The lowest BCUT2D eigenvalue weighted by Crippen LogP contribution is -2.60. The molecule has 1 N–H and O–H groups in total. The lowest BCUT2D eigenvalue weighted by Gasteiger charge is -2.42. The molecule has 0 spiro atoms. The van der Waals surface area contributed by atoms with Crippen molar-refractivity contribution < 1.29 is 14.6 Å². The fraction of sp³-hybridized carbons (Fsp3) is 0.316. The van der Waals surface area contributed by atoms with Crippen LogP contribution in [0, 0.1) is 0 Å². The van der Waals surface area contributed by atoms with Gasteiger partial charge in [0.1, 0.15) is 6.61 Å². The van der Waals surface area contributed by atoms with Crippen LogP contribution in [-0.4, -0.2) is 41.4 Å². The number of fused-ring (bicyclic) bond motifs is 3. The van der Waals surface area contributed by atoms with Gasteiger partial charge in [-0.25, -0.2) is 4.79 Å². The number of carbonyl (C=O) groups is 1. The molecule has 4 rings (SSSR count). The summed E-state index contributed by atoms with van der Waals surface area (Å²) in [6.07, 6.45) is -0.778. The van der Waals surface area contributed by atoms with Crippen LogP contribution >= 0.6 is 0 Å². The maximum absolute atomic E-state index is 12.2. The molecule has 2 aromatic rings. The zero-order valence-electron chi connectivity index (χ0n) is 13.0. The van der Waals surface area contributed by atoms with Crippen LogP contribution in [0.25, 0.3) is 11.1 Å². The number of carbonyl (C=O) groups excluding carboxylic acids is 1. The van der Waals surface area contributed by atoms with E-state index >= 15 is 0 Å². The van der Waals surface area contributed by atoms with Gasteiger partial charge in [-0.2, -0.15) is 0 Å².